The monoisotopic (exact) mass is 276 g/mol. The molecule has 0 fully saturated rings. The third-order valence-corrected chi connectivity index (χ3v) is 2.99. The zero-order chi connectivity index (χ0) is 15.2. The van der Waals surface area contributed by atoms with Crippen LogP contribution in [0.4, 0.5) is 0 Å². The van der Waals surface area contributed by atoms with Crippen molar-refractivity contribution in [3.63, 3.8) is 0 Å². The molecule has 20 heavy (non-hydrogen) atoms. The van der Waals surface area contributed by atoms with Crippen LogP contribution in [0.25, 0.3) is 0 Å². The van der Waals surface area contributed by atoms with Crippen LogP contribution in [-0.2, 0) is 11.2 Å². The highest BCUT2D eigenvalue weighted by Gasteiger charge is 2.26. The Morgan fingerprint density at radius 1 is 1.30 bits per heavy atom. The van der Waals surface area contributed by atoms with Crippen LogP contribution in [-0.4, -0.2) is 26.7 Å². The number of hydrogen-bond acceptors (Lipinski definition) is 4. The molecule has 0 spiro atoms. The summed E-state index contributed by atoms with van der Waals surface area (Å²) in [6.45, 7) is 3.66. The van der Waals surface area contributed by atoms with E-state index in [0.29, 0.717) is 24.5 Å². The van der Waals surface area contributed by atoms with Crippen molar-refractivity contribution in [3.8, 4) is 17.6 Å². The average Bonchev–Trinajstić information content (AvgIpc) is 2.46. The predicted octanol–water partition coefficient (Wildman–Crippen LogP) is 1.91. The third kappa shape index (κ3) is 3.89. The summed E-state index contributed by atoms with van der Waals surface area (Å²) in [4.78, 5) is 11.7. The molecule has 1 aromatic carbocycles. The Balaban J connectivity index is 2.59. The van der Waals surface area contributed by atoms with E-state index in [-0.39, 0.29) is 5.91 Å². The van der Waals surface area contributed by atoms with E-state index in [2.05, 4.69) is 5.32 Å². The maximum absolute atomic E-state index is 11.7. The summed E-state index contributed by atoms with van der Waals surface area (Å²) in [5.41, 5.74) is 0.0233. The van der Waals surface area contributed by atoms with E-state index in [1.165, 1.54) is 0 Å². The van der Waals surface area contributed by atoms with E-state index in [0.717, 1.165) is 5.56 Å². The molecule has 0 bridgehead atoms. The molecule has 1 amide bonds. The standard InChI is InChI=1S/C15H20N2O3/c1-15(2,10-16)14(18)17-8-7-11-5-6-12(19-3)13(9-11)20-4/h5-6,9H,7-8H2,1-4H3,(H,17,18). The second kappa shape index (κ2) is 6.80. The van der Waals surface area contributed by atoms with Crippen molar-refractivity contribution < 1.29 is 14.3 Å². The number of ether oxygens (including phenoxy) is 2. The highest BCUT2D eigenvalue weighted by Crippen LogP contribution is 2.27. The van der Waals surface area contributed by atoms with Gasteiger partial charge in [0.05, 0.1) is 20.3 Å². The zero-order valence-electron chi connectivity index (χ0n) is 12.3. The fourth-order valence-corrected chi connectivity index (χ4v) is 1.63. The summed E-state index contributed by atoms with van der Waals surface area (Å²) >= 11 is 0. The molecule has 1 rings (SSSR count). The molecule has 0 aliphatic rings. The largest absolute Gasteiger partial charge is 0.493 e. The Morgan fingerprint density at radius 3 is 2.50 bits per heavy atom. The summed E-state index contributed by atoms with van der Waals surface area (Å²) in [5.74, 6) is 1.07. The Bertz CT molecular complexity index is 518. The number of nitriles is 1. The van der Waals surface area contributed by atoms with Crippen LogP contribution < -0.4 is 14.8 Å². The molecule has 0 radical (unpaired) electrons. The fraction of sp³-hybridized carbons (Fsp3) is 0.467. The van der Waals surface area contributed by atoms with E-state index < -0.39 is 5.41 Å². The van der Waals surface area contributed by atoms with Crippen LogP contribution in [0.2, 0.25) is 0 Å². The van der Waals surface area contributed by atoms with Crippen LogP contribution in [0.3, 0.4) is 0 Å². The fourth-order valence-electron chi connectivity index (χ4n) is 1.63. The minimum absolute atomic E-state index is 0.263. The van der Waals surface area contributed by atoms with E-state index in [9.17, 15) is 4.79 Å². The minimum Gasteiger partial charge on any atom is -0.493 e. The molecule has 0 atom stereocenters. The lowest BCUT2D eigenvalue weighted by Crippen LogP contribution is -2.36. The van der Waals surface area contributed by atoms with Gasteiger partial charge in [-0.3, -0.25) is 4.79 Å². The number of carbonyl (C=O) groups is 1. The number of nitrogens with one attached hydrogen (secondary N) is 1. The average molecular weight is 276 g/mol. The molecule has 1 aromatic rings. The summed E-state index contributed by atoms with van der Waals surface area (Å²) in [6.07, 6.45) is 0.660. The van der Waals surface area contributed by atoms with Gasteiger partial charge in [-0.05, 0) is 38.0 Å². The topological polar surface area (TPSA) is 71.3 Å². The lowest BCUT2D eigenvalue weighted by atomic mass is 9.95. The van der Waals surface area contributed by atoms with E-state index in [4.69, 9.17) is 14.7 Å². The first-order valence-corrected chi connectivity index (χ1v) is 6.35. The lowest BCUT2D eigenvalue weighted by molar-refractivity contribution is -0.126. The summed E-state index contributed by atoms with van der Waals surface area (Å²) in [5, 5.41) is 11.6. The van der Waals surface area contributed by atoms with Gasteiger partial charge in [0.1, 0.15) is 5.41 Å². The van der Waals surface area contributed by atoms with E-state index in [1.54, 1.807) is 28.1 Å². The smallest absolute Gasteiger partial charge is 0.239 e. The number of carbonyl (C=O) groups excluding carboxylic acids is 1. The number of nitrogens with zero attached hydrogens (tertiary/aromatic N) is 1. The zero-order valence-corrected chi connectivity index (χ0v) is 12.3. The molecular formula is C15H20N2O3. The normalized spacial score (nSPS) is 10.6. The number of methoxy groups -OCH3 is 2. The predicted molar refractivity (Wildman–Crippen MR) is 75.7 cm³/mol. The van der Waals surface area contributed by atoms with Crippen molar-refractivity contribution in [2.24, 2.45) is 5.41 Å². The SMILES string of the molecule is COc1ccc(CCNC(=O)C(C)(C)C#N)cc1OC. The van der Waals surface area contributed by atoms with Crippen molar-refractivity contribution in [1.82, 2.24) is 5.32 Å². The second-order valence-electron chi connectivity index (χ2n) is 4.93. The van der Waals surface area contributed by atoms with Gasteiger partial charge in [-0.2, -0.15) is 5.26 Å². The molecule has 0 aliphatic carbocycles. The van der Waals surface area contributed by atoms with Crippen LogP contribution >= 0.6 is 0 Å². The first kappa shape index (κ1) is 15.8. The maximum atomic E-state index is 11.7. The van der Waals surface area contributed by atoms with Crippen molar-refractivity contribution >= 4 is 5.91 Å². The third-order valence-electron chi connectivity index (χ3n) is 2.99. The van der Waals surface area contributed by atoms with Crippen LogP contribution in [0.1, 0.15) is 19.4 Å². The number of rotatable bonds is 6. The molecule has 108 valence electrons. The molecule has 5 nitrogen and oxygen atoms in total. The summed E-state index contributed by atoms with van der Waals surface area (Å²) < 4.78 is 10.4. The van der Waals surface area contributed by atoms with E-state index in [1.807, 2.05) is 24.3 Å². The van der Waals surface area contributed by atoms with Gasteiger partial charge in [-0.25, -0.2) is 0 Å². The van der Waals surface area contributed by atoms with Gasteiger partial charge in [0.25, 0.3) is 0 Å². The maximum Gasteiger partial charge on any atom is 0.239 e. The van der Waals surface area contributed by atoms with Gasteiger partial charge in [0.2, 0.25) is 5.91 Å². The summed E-state index contributed by atoms with van der Waals surface area (Å²) in [7, 11) is 3.17. The van der Waals surface area contributed by atoms with E-state index >= 15 is 0 Å². The Hall–Kier alpha value is -2.22. The van der Waals surface area contributed by atoms with Crippen LogP contribution in [0.15, 0.2) is 18.2 Å². The molecule has 0 saturated carbocycles. The lowest BCUT2D eigenvalue weighted by Gasteiger charge is -2.15. The molecule has 1 N–H and O–H groups in total. The van der Waals surface area contributed by atoms with Gasteiger partial charge in [-0.1, -0.05) is 6.07 Å². The first-order chi connectivity index (χ1) is 9.44. The first-order valence-electron chi connectivity index (χ1n) is 6.35. The quantitative estimate of drug-likeness (QED) is 0.861. The number of benzene rings is 1. The highest BCUT2D eigenvalue weighted by molar-refractivity contribution is 5.84. The van der Waals surface area contributed by atoms with Crippen molar-refractivity contribution in [3.05, 3.63) is 23.8 Å². The van der Waals surface area contributed by atoms with Gasteiger partial charge in [0.15, 0.2) is 11.5 Å². The molecule has 0 saturated heterocycles. The van der Waals surface area contributed by atoms with Gasteiger partial charge >= 0.3 is 0 Å². The molecular weight excluding hydrogens is 256 g/mol. The number of hydrogen-bond donors (Lipinski definition) is 1. The van der Waals surface area contributed by atoms with Crippen molar-refractivity contribution in [1.29, 1.82) is 5.26 Å². The molecule has 0 heterocycles. The Labute approximate surface area is 119 Å². The van der Waals surface area contributed by atoms with Gasteiger partial charge in [0, 0.05) is 6.54 Å². The highest BCUT2D eigenvalue weighted by atomic mass is 16.5. The number of amides is 1. The molecule has 0 aromatic heterocycles. The second-order valence-corrected chi connectivity index (χ2v) is 4.93. The van der Waals surface area contributed by atoms with Gasteiger partial charge < -0.3 is 14.8 Å². The van der Waals surface area contributed by atoms with Crippen LogP contribution in [0, 0.1) is 16.7 Å². The van der Waals surface area contributed by atoms with Crippen molar-refractivity contribution in [2.75, 3.05) is 20.8 Å². The summed E-state index contributed by atoms with van der Waals surface area (Å²) in [6, 6.07) is 7.60. The molecule has 0 unspecified atom stereocenters. The molecule has 0 aliphatic heterocycles. The van der Waals surface area contributed by atoms with Crippen LogP contribution in [0.5, 0.6) is 11.5 Å². The van der Waals surface area contributed by atoms with Gasteiger partial charge in [-0.15, -0.1) is 0 Å². The Kier molecular flexibility index (Phi) is 5.39. The minimum atomic E-state index is -1.00. The Morgan fingerprint density at radius 2 is 1.95 bits per heavy atom. The molecule has 5 heteroatoms. The van der Waals surface area contributed by atoms with Crippen molar-refractivity contribution in [2.45, 2.75) is 20.3 Å².